The first-order valence-corrected chi connectivity index (χ1v) is 8.23. The van der Waals surface area contributed by atoms with E-state index in [1.54, 1.807) is 23.5 Å². The fraction of sp³-hybridized carbons (Fsp3) is 0.0526. The molecule has 154 valence electrons. The molecule has 3 aromatic rings. The molecule has 0 saturated carbocycles. The third-order valence-electron chi connectivity index (χ3n) is 3.73. The van der Waals surface area contributed by atoms with E-state index in [1.165, 1.54) is 12.1 Å². The lowest BCUT2D eigenvalue weighted by atomic mass is 10.1. The van der Waals surface area contributed by atoms with Crippen molar-refractivity contribution in [2.45, 2.75) is 6.18 Å². The molecule has 11 heteroatoms. The summed E-state index contributed by atoms with van der Waals surface area (Å²) in [6.45, 7) is 0. The predicted molar refractivity (Wildman–Crippen MR) is 95.3 cm³/mol. The lowest BCUT2D eigenvalue weighted by molar-refractivity contribution is -0.141. The summed E-state index contributed by atoms with van der Waals surface area (Å²) in [6.07, 6.45) is -4.84. The van der Waals surface area contributed by atoms with Gasteiger partial charge in [0.25, 0.3) is 5.91 Å². The van der Waals surface area contributed by atoms with Crippen LogP contribution in [-0.2, 0) is 6.18 Å². The average Bonchev–Trinajstić information content (AvgIpc) is 2.67. The largest absolute Gasteiger partial charge is 0.433 e. The third kappa shape index (κ3) is 4.74. The Bertz CT molecular complexity index is 1080. The van der Waals surface area contributed by atoms with Crippen molar-refractivity contribution in [2.75, 3.05) is 5.32 Å². The number of anilines is 1. The highest BCUT2D eigenvalue weighted by Crippen LogP contribution is 2.31. The highest BCUT2D eigenvalue weighted by atomic mass is 19.4. The zero-order valence-electron chi connectivity index (χ0n) is 14.8. The molecule has 2 aromatic carbocycles. The SMILES string of the molecule is O=C(NC(=O)c1c(F)cccc1F)Nc1nc(-c2ccccc2)cc(C(F)(F)F)n1. The van der Waals surface area contributed by atoms with Crippen LogP contribution in [0.4, 0.5) is 32.7 Å². The highest BCUT2D eigenvalue weighted by molar-refractivity contribution is 6.07. The fourth-order valence-electron chi connectivity index (χ4n) is 2.42. The van der Waals surface area contributed by atoms with E-state index < -0.39 is 47.0 Å². The molecule has 0 bridgehead atoms. The summed E-state index contributed by atoms with van der Waals surface area (Å²) in [5, 5.41) is 3.48. The number of urea groups is 1. The number of imide groups is 1. The standard InChI is InChI=1S/C19H11F5N4O2/c20-11-7-4-8-12(21)15(11)16(29)27-18(30)28-17-25-13(10-5-2-1-3-6-10)9-14(26-17)19(22,23)24/h1-9H,(H2,25,26,27,28,29,30). The van der Waals surface area contributed by atoms with Gasteiger partial charge in [0, 0.05) is 5.56 Å². The summed E-state index contributed by atoms with van der Waals surface area (Å²) in [7, 11) is 0. The molecule has 6 nitrogen and oxygen atoms in total. The minimum absolute atomic E-state index is 0.139. The second-order valence-corrected chi connectivity index (χ2v) is 5.83. The van der Waals surface area contributed by atoms with Gasteiger partial charge in [-0.15, -0.1) is 0 Å². The van der Waals surface area contributed by atoms with Crippen LogP contribution in [0.5, 0.6) is 0 Å². The van der Waals surface area contributed by atoms with Gasteiger partial charge >= 0.3 is 12.2 Å². The first kappa shape index (κ1) is 20.8. The van der Waals surface area contributed by atoms with Crippen molar-refractivity contribution in [1.29, 1.82) is 0 Å². The molecule has 0 saturated heterocycles. The topological polar surface area (TPSA) is 84.0 Å². The van der Waals surface area contributed by atoms with Crippen LogP contribution in [-0.4, -0.2) is 21.9 Å². The fourth-order valence-corrected chi connectivity index (χ4v) is 2.42. The molecule has 0 radical (unpaired) electrons. The monoisotopic (exact) mass is 422 g/mol. The summed E-state index contributed by atoms with van der Waals surface area (Å²) in [4.78, 5) is 31.0. The van der Waals surface area contributed by atoms with Crippen LogP contribution in [0.25, 0.3) is 11.3 Å². The molecule has 0 atom stereocenters. The summed E-state index contributed by atoms with van der Waals surface area (Å²) < 4.78 is 66.7. The number of amides is 3. The van der Waals surface area contributed by atoms with Crippen LogP contribution in [0.1, 0.15) is 16.1 Å². The normalized spacial score (nSPS) is 11.1. The molecule has 3 rings (SSSR count). The molecule has 0 spiro atoms. The lowest BCUT2D eigenvalue weighted by Crippen LogP contribution is -2.36. The van der Waals surface area contributed by atoms with Gasteiger partial charge in [-0.2, -0.15) is 13.2 Å². The summed E-state index contributed by atoms with van der Waals surface area (Å²) in [5.41, 5.74) is -2.18. The van der Waals surface area contributed by atoms with Gasteiger partial charge in [-0.3, -0.25) is 15.4 Å². The number of hydrogen-bond donors (Lipinski definition) is 2. The maximum atomic E-state index is 13.6. The van der Waals surface area contributed by atoms with Crippen LogP contribution < -0.4 is 10.6 Å². The molecule has 0 unspecified atom stereocenters. The quantitative estimate of drug-likeness (QED) is 0.613. The molecular weight excluding hydrogens is 411 g/mol. The zero-order chi connectivity index (χ0) is 21.9. The molecule has 2 N–H and O–H groups in total. The minimum atomic E-state index is -4.84. The van der Waals surface area contributed by atoms with Gasteiger partial charge in [0.15, 0.2) is 5.69 Å². The predicted octanol–water partition coefficient (Wildman–Crippen LogP) is 4.40. The average molecular weight is 422 g/mol. The Morgan fingerprint density at radius 2 is 1.50 bits per heavy atom. The molecule has 0 aliphatic heterocycles. The van der Waals surface area contributed by atoms with E-state index in [0.29, 0.717) is 11.6 Å². The van der Waals surface area contributed by atoms with Crippen molar-refractivity contribution in [2.24, 2.45) is 0 Å². The number of halogens is 5. The minimum Gasteiger partial charge on any atom is -0.276 e. The van der Waals surface area contributed by atoms with Gasteiger partial charge in [-0.25, -0.2) is 23.5 Å². The van der Waals surface area contributed by atoms with Crippen molar-refractivity contribution in [3.8, 4) is 11.3 Å². The first-order chi connectivity index (χ1) is 14.1. The van der Waals surface area contributed by atoms with Crippen molar-refractivity contribution in [1.82, 2.24) is 15.3 Å². The van der Waals surface area contributed by atoms with Gasteiger partial charge in [0.2, 0.25) is 5.95 Å². The maximum Gasteiger partial charge on any atom is 0.433 e. The van der Waals surface area contributed by atoms with E-state index in [4.69, 9.17) is 0 Å². The van der Waals surface area contributed by atoms with Gasteiger partial charge in [0.1, 0.15) is 17.2 Å². The Hall–Kier alpha value is -3.89. The van der Waals surface area contributed by atoms with E-state index in [9.17, 15) is 31.5 Å². The van der Waals surface area contributed by atoms with Crippen molar-refractivity contribution in [3.05, 3.63) is 77.5 Å². The van der Waals surface area contributed by atoms with Crippen molar-refractivity contribution < 1.29 is 31.5 Å². The number of hydrogen-bond acceptors (Lipinski definition) is 4. The van der Waals surface area contributed by atoms with Gasteiger partial charge in [-0.1, -0.05) is 36.4 Å². The lowest BCUT2D eigenvalue weighted by Gasteiger charge is -2.12. The van der Waals surface area contributed by atoms with E-state index >= 15 is 0 Å². The third-order valence-corrected chi connectivity index (χ3v) is 3.73. The zero-order valence-corrected chi connectivity index (χ0v) is 14.8. The molecule has 1 aromatic heterocycles. The van der Waals surface area contributed by atoms with Crippen LogP contribution in [0.15, 0.2) is 54.6 Å². The molecule has 0 aliphatic carbocycles. The van der Waals surface area contributed by atoms with Crippen LogP contribution in [0.3, 0.4) is 0 Å². The number of benzene rings is 2. The Morgan fingerprint density at radius 3 is 2.10 bits per heavy atom. The second kappa shape index (κ2) is 8.23. The van der Waals surface area contributed by atoms with Crippen LogP contribution in [0, 0.1) is 11.6 Å². The van der Waals surface area contributed by atoms with E-state index in [0.717, 1.165) is 18.2 Å². The van der Waals surface area contributed by atoms with Crippen molar-refractivity contribution >= 4 is 17.9 Å². The smallest absolute Gasteiger partial charge is 0.276 e. The molecule has 3 amide bonds. The van der Waals surface area contributed by atoms with Gasteiger partial charge in [0.05, 0.1) is 5.69 Å². The number of aromatic nitrogens is 2. The Labute approximate surface area is 165 Å². The van der Waals surface area contributed by atoms with Crippen molar-refractivity contribution in [3.63, 3.8) is 0 Å². The molecule has 1 heterocycles. The first-order valence-electron chi connectivity index (χ1n) is 8.23. The molecular formula is C19H11F5N4O2. The van der Waals surface area contributed by atoms with E-state index in [2.05, 4.69) is 9.97 Å². The number of alkyl halides is 3. The summed E-state index contributed by atoms with van der Waals surface area (Å²) >= 11 is 0. The Balaban J connectivity index is 1.86. The number of nitrogens with one attached hydrogen (secondary N) is 2. The Morgan fingerprint density at radius 1 is 0.867 bits per heavy atom. The van der Waals surface area contributed by atoms with Crippen LogP contribution >= 0.6 is 0 Å². The number of carbonyl (C=O) groups is 2. The Kier molecular flexibility index (Phi) is 5.72. The second-order valence-electron chi connectivity index (χ2n) is 5.83. The van der Waals surface area contributed by atoms with E-state index in [1.807, 2.05) is 5.32 Å². The summed E-state index contributed by atoms with van der Waals surface area (Å²) in [5.74, 6) is -4.63. The molecule has 0 fully saturated rings. The number of rotatable bonds is 3. The van der Waals surface area contributed by atoms with Gasteiger partial charge in [-0.05, 0) is 18.2 Å². The van der Waals surface area contributed by atoms with Crippen LogP contribution in [0.2, 0.25) is 0 Å². The summed E-state index contributed by atoms with van der Waals surface area (Å²) in [6, 6.07) is 9.74. The molecule has 30 heavy (non-hydrogen) atoms. The number of nitrogens with zero attached hydrogens (tertiary/aromatic N) is 2. The van der Waals surface area contributed by atoms with E-state index in [-0.39, 0.29) is 5.69 Å². The van der Waals surface area contributed by atoms with Gasteiger partial charge < -0.3 is 0 Å². The number of carbonyl (C=O) groups excluding carboxylic acids is 2. The molecule has 0 aliphatic rings. The highest BCUT2D eigenvalue weighted by Gasteiger charge is 2.34. The maximum absolute atomic E-state index is 13.6.